The Hall–Kier alpha value is -2.86. The fraction of sp³-hybridized carbons (Fsp3) is 0.300. The summed E-state index contributed by atoms with van der Waals surface area (Å²) in [6.07, 6.45) is 0.155. The summed E-state index contributed by atoms with van der Waals surface area (Å²) in [5, 5.41) is 5.42. The summed E-state index contributed by atoms with van der Waals surface area (Å²) in [7, 11) is 1.58. The summed E-state index contributed by atoms with van der Waals surface area (Å²) in [5.74, 6) is 1.28. The van der Waals surface area contributed by atoms with Crippen molar-refractivity contribution in [2.24, 2.45) is 0 Å². The molecule has 136 valence electrons. The standard InChI is InChI=1S/C20H23N3O3/c1-21-19(24)13-18-20(25)22-10-11-23(18)14-15-6-5-9-17(12-15)26-16-7-3-2-4-8-16/h2-9,12,18H,10-11,13-14H2,1H3,(H,21,24)(H,22,25). The monoisotopic (exact) mass is 353 g/mol. The van der Waals surface area contributed by atoms with Crippen LogP contribution in [0.2, 0.25) is 0 Å². The second-order valence-electron chi connectivity index (χ2n) is 6.22. The molecule has 0 spiro atoms. The molecule has 1 aliphatic heterocycles. The summed E-state index contributed by atoms with van der Waals surface area (Å²) in [6, 6.07) is 17.0. The first-order chi connectivity index (χ1) is 12.7. The lowest BCUT2D eigenvalue weighted by Gasteiger charge is -2.34. The Morgan fingerprint density at radius 2 is 1.96 bits per heavy atom. The van der Waals surface area contributed by atoms with Crippen molar-refractivity contribution in [1.29, 1.82) is 0 Å². The minimum absolute atomic E-state index is 0.100. The van der Waals surface area contributed by atoms with Crippen LogP contribution in [-0.4, -0.2) is 42.9 Å². The molecule has 1 saturated heterocycles. The number of rotatable bonds is 6. The number of amides is 2. The Kier molecular flexibility index (Phi) is 5.86. The smallest absolute Gasteiger partial charge is 0.237 e. The van der Waals surface area contributed by atoms with Gasteiger partial charge in [0, 0.05) is 26.7 Å². The van der Waals surface area contributed by atoms with E-state index in [4.69, 9.17) is 4.74 Å². The summed E-state index contributed by atoms with van der Waals surface area (Å²) in [4.78, 5) is 26.0. The average molecular weight is 353 g/mol. The molecule has 1 fully saturated rings. The maximum atomic E-state index is 12.2. The van der Waals surface area contributed by atoms with Crippen LogP contribution >= 0.6 is 0 Å². The molecule has 6 nitrogen and oxygen atoms in total. The molecule has 2 aromatic rings. The van der Waals surface area contributed by atoms with Gasteiger partial charge in [0.1, 0.15) is 11.5 Å². The van der Waals surface area contributed by atoms with Crippen LogP contribution in [0.5, 0.6) is 11.5 Å². The fourth-order valence-electron chi connectivity index (χ4n) is 3.02. The van der Waals surface area contributed by atoms with Gasteiger partial charge in [0.25, 0.3) is 0 Å². The zero-order valence-electron chi connectivity index (χ0n) is 14.8. The lowest BCUT2D eigenvalue weighted by Crippen LogP contribution is -2.55. The predicted octanol–water partition coefficient (Wildman–Crippen LogP) is 1.92. The van der Waals surface area contributed by atoms with E-state index in [1.165, 1.54) is 0 Å². The lowest BCUT2D eigenvalue weighted by atomic mass is 10.1. The lowest BCUT2D eigenvalue weighted by molar-refractivity contribution is -0.134. The molecule has 1 heterocycles. The highest BCUT2D eigenvalue weighted by atomic mass is 16.5. The number of nitrogens with zero attached hydrogens (tertiary/aromatic N) is 1. The van der Waals surface area contributed by atoms with Gasteiger partial charge in [-0.05, 0) is 29.8 Å². The first-order valence-corrected chi connectivity index (χ1v) is 8.70. The molecule has 0 radical (unpaired) electrons. The number of carbonyl (C=O) groups excluding carboxylic acids is 2. The van der Waals surface area contributed by atoms with E-state index in [9.17, 15) is 9.59 Å². The Morgan fingerprint density at radius 3 is 2.73 bits per heavy atom. The number of ether oxygens (including phenoxy) is 1. The SMILES string of the molecule is CNC(=O)CC1C(=O)NCCN1Cc1cccc(Oc2ccccc2)c1. The van der Waals surface area contributed by atoms with Gasteiger partial charge in [-0.25, -0.2) is 0 Å². The van der Waals surface area contributed by atoms with Gasteiger partial charge in [-0.2, -0.15) is 0 Å². The molecule has 0 saturated carbocycles. The van der Waals surface area contributed by atoms with Crippen LogP contribution in [0.15, 0.2) is 54.6 Å². The fourth-order valence-corrected chi connectivity index (χ4v) is 3.02. The minimum atomic E-state index is -0.456. The number of piperazine rings is 1. The van der Waals surface area contributed by atoms with Crippen LogP contribution in [-0.2, 0) is 16.1 Å². The van der Waals surface area contributed by atoms with Crippen molar-refractivity contribution < 1.29 is 14.3 Å². The largest absolute Gasteiger partial charge is 0.457 e. The van der Waals surface area contributed by atoms with E-state index in [0.717, 1.165) is 17.1 Å². The molecule has 2 aromatic carbocycles. The molecule has 26 heavy (non-hydrogen) atoms. The van der Waals surface area contributed by atoms with Gasteiger partial charge >= 0.3 is 0 Å². The summed E-state index contributed by atoms with van der Waals surface area (Å²) < 4.78 is 5.88. The van der Waals surface area contributed by atoms with E-state index in [2.05, 4.69) is 10.6 Å². The zero-order chi connectivity index (χ0) is 18.4. The van der Waals surface area contributed by atoms with Gasteiger partial charge in [-0.3, -0.25) is 14.5 Å². The van der Waals surface area contributed by atoms with Crippen molar-refractivity contribution in [3.8, 4) is 11.5 Å². The Bertz CT molecular complexity index is 764. The second kappa shape index (κ2) is 8.49. The number of hydrogen-bond donors (Lipinski definition) is 2. The molecule has 3 rings (SSSR count). The number of carbonyl (C=O) groups is 2. The predicted molar refractivity (Wildman–Crippen MR) is 98.8 cm³/mol. The van der Waals surface area contributed by atoms with Crippen LogP contribution in [0, 0.1) is 0 Å². The first-order valence-electron chi connectivity index (χ1n) is 8.70. The second-order valence-corrected chi connectivity index (χ2v) is 6.22. The number of nitrogens with one attached hydrogen (secondary N) is 2. The van der Waals surface area contributed by atoms with Crippen LogP contribution in [0.4, 0.5) is 0 Å². The molecule has 6 heteroatoms. The van der Waals surface area contributed by atoms with Crippen LogP contribution in [0.1, 0.15) is 12.0 Å². The van der Waals surface area contributed by atoms with E-state index >= 15 is 0 Å². The third-order valence-corrected chi connectivity index (χ3v) is 4.36. The van der Waals surface area contributed by atoms with Crippen molar-refractivity contribution in [2.75, 3.05) is 20.1 Å². The quantitative estimate of drug-likeness (QED) is 0.832. The molecule has 1 unspecified atom stereocenters. The van der Waals surface area contributed by atoms with Gasteiger partial charge in [-0.1, -0.05) is 30.3 Å². The van der Waals surface area contributed by atoms with Crippen LogP contribution < -0.4 is 15.4 Å². The van der Waals surface area contributed by atoms with E-state index in [1.54, 1.807) is 7.05 Å². The van der Waals surface area contributed by atoms with Gasteiger partial charge in [0.2, 0.25) is 11.8 Å². The molecule has 1 aliphatic rings. The normalized spacial score (nSPS) is 17.4. The third kappa shape index (κ3) is 4.61. The van der Waals surface area contributed by atoms with Gasteiger partial charge in [0.15, 0.2) is 0 Å². The summed E-state index contributed by atoms with van der Waals surface area (Å²) in [5.41, 5.74) is 1.04. The zero-order valence-corrected chi connectivity index (χ0v) is 14.8. The van der Waals surface area contributed by atoms with E-state index in [1.807, 2.05) is 59.5 Å². The van der Waals surface area contributed by atoms with Gasteiger partial charge < -0.3 is 15.4 Å². The highest BCUT2D eigenvalue weighted by Crippen LogP contribution is 2.23. The number of hydrogen-bond acceptors (Lipinski definition) is 4. The van der Waals surface area contributed by atoms with Crippen molar-refractivity contribution in [2.45, 2.75) is 19.0 Å². The topological polar surface area (TPSA) is 70.7 Å². The summed E-state index contributed by atoms with van der Waals surface area (Å²) in [6.45, 7) is 1.88. The first kappa shape index (κ1) is 17.9. The summed E-state index contributed by atoms with van der Waals surface area (Å²) >= 11 is 0. The average Bonchev–Trinajstić information content (AvgIpc) is 2.65. The van der Waals surface area contributed by atoms with Crippen molar-refractivity contribution in [1.82, 2.24) is 15.5 Å². The van der Waals surface area contributed by atoms with Gasteiger partial charge in [-0.15, -0.1) is 0 Å². The highest BCUT2D eigenvalue weighted by Gasteiger charge is 2.31. The Labute approximate surface area is 153 Å². The van der Waals surface area contributed by atoms with E-state index < -0.39 is 6.04 Å². The Morgan fingerprint density at radius 1 is 1.19 bits per heavy atom. The molecule has 0 aromatic heterocycles. The molecule has 0 bridgehead atoms. The third-order valence-electron chi connectivity index (χ3n) is 4.36. The molecule has 2 amide bonds. The minimum Gasteiger partial charge on any atom is -0.457 e. The molecule has 0 aliphatic carbocycles. The van der Waals surface area contributed by atoms with Crippen LogP contribution in [0.3, 0.4) is 0 Å². The van der Waals surface area contributed by atoms with E-state index in [0.29, 0.717) is 19.6 Å². The van der Waals surface area contributed by atoms with Crippen molar-refractivity contribution >= 4 is 11.8 Å². The molecule has 1 atom stereocenters. The molecule has 2 N–H and O–H groups in total. The maximum Gasteiger partial charge on any atom is 0.237 e. The maximum absolute atomic E-state index is 12.2. The van der Waals surface area contributed by atoms with E-state index in [-0.39, 0.29) is 18.2 Å². The van der Waals surface area contributed by atoms with Gasteiger partial charge in [0.05, 0.1) is 12.5 Å². The molecular formula is C20H23N3O3. The Balaban J connectivity index is 1.71. The number of para-hydroxylation sites is 1. The van der Waals surface area contributed by atoms with Crippen molar-refractivity contribution in [3.63, 3.8) is 0 Å². The molecular weight excluding hydrogens is 330 g/mol. The van der Waals surface area contributed by atoms with Crippen molar-refractivity contribution in [3.05, 3.63) is 60.2 Å². The highest BCUT2D eigenvalue weighted by molar-refractivity contribution is 5.88. The van der Waals surface area contributed by atoms with Crippen LogP contribution in [0.25, 0.3) is 0 Å². The number of benzene rings is 2.